The summed E-state index contributed by atoms with van der Waals surface area (Å²) < 4.78 is 3.42. The Morgan fingerprint density at radius 2 is 1.86 bits per heavy atom. The lowest BCUT2D eigenvalue weighted by Crippen LogP contribution is -1.97. The summed E-state index contributed by atoms with van der Waals surface area (Å²) in [4.78, 5) is 2.64. The van der Waals surface area contributed by atoms with E-state index in [0.717, 1.165) is 4.43 Å². The molecule has 0 amide bonds. The first-order valence-electron chi connectivity index (χ1n) is 7.11. The van der Waals surface area contributed by atoms with Gasteiger partial charge in [0.2, 0.25) is 0 Å². The van der Waals surface area contributed by atoms with E-state index in [1.807, 2.05) is 11.8 Å². The molecule has 1 nitrogen and oxygen atoms in total. The second-order valence-electron chi connectivity index (χ2n) is 5.39. The van der Waals surface area contributed by atoms with Crippen molar-refractivity contribution in [1.82, 2.24) is 4.57 Å². The van der Waals surface area contributed by atoms with Crippen LogP contribution in [-0.2, 0) is 4.43 Å². The minimum atomic E-state index is 0.475. The molecule has 1 aromatic heterocycles. The van der Waals surface area contributed by atoms with E-state index < -0.39 is 0 Å². The van der Waals surface area contributed by atoms with Gasteiger partial charge in [-0.05, 0) is 43.7 Å². The molecule has 0 aliphatic carbocycles. The topological polar surface area (TPSA) is 4.93 Å². The average Bonchev–Trinajstić information content (AvgIpc) is 2.86. The Labute approximate surface area is 143 Å². The fourth-order valence-corrected chi connectivity index (χ4v) is 3.94. The molecule has 0 unspecified atom stereocenters. The average molecular weight is 407 g/mol. The van der Waals surface area contributed by atoms with E-state index in [1.165, 1.54) is 26.3 Å². The van der Waals surface area contributed by atoms with E-state index in [2.05, 4.69) is 95.7 Å². The fourth-order valence-electron chi connectivity index (χ4n) is 2.48. The number of alkyl halides is 1. The second kappa shape index (κ2) is 6.44. The van der Waals surface area contributed by atoms with Gasteiger partial charge in [-0.1, -0.05) is 58.6 Å². The summed E-state index contributed by atoms with van der Waals surface area (Å²) >= 11 is 4.28. The summed E-state index contributed by atoms with van der Waals surface area (Å²) in [7, 11) is 0. The van der Waals surface area contributed by atoms with Gasteiger partial charge in [-0.2, -0.15) is 0 Å². The molecule has 0 aliphatic rings. The first kappa shape index (κ1) is 15.0. The van der Waals surface area contributed by atoms with Crippen molar-refractivity contribution in [2.45, 2.75) is 34.1 Å². The Hall–Kier alpha value is -0.940. The first-order valence-corrected chi connectivity index (χ1v) is 9.45. The predicted molar refractivity (Wildman–Crippen MR) is 101 cm³/mol. The Bertz CT molecular complexity index is 747. The van der Waals surface area contributed by atoms with E-state index in [0.29, 0.717) is 6.04 Å². The Balaban J connectivity index is 2.12. The van der Waals surface area contributed by atoms with Crippen LogP contribution in [0.3, 0.4) is 0 Å². The van der Waals surface area contributed by atoms with Crippen molar-refractivity contribution in [2.24, 2.45) is 0 Å². The van der Waals surface area contributed by atoms with E-state index in [4.69, 9.17) is 0 Å². The standard InChI is InChI=1S/C18H18INS/c1-13(2)20-12-18(21-15-6-4-3-5-7-15)16-10-14(11-19)8-9-17(16)20/h3-10,12-13H,11H2,1-2H3. The predicted octanol–water partition coefficient (Wildman–Crippen LogP) is 6.31. The molecule has 0 N–H and O–H groups in total. The molecule has 3 heteroatoms. The number of fused-ring (bicyclic) bond motifs is 1. The zero-order valence-electron chi connectivity index (χ0n) is 12.2. The molecule has 0 radical (unpaired) electrons. The van der Waals surface area contributed by atoms with Crippen LogP contribution in [0.15, 0.2) is 64.5 Å². The van der Waals surface area contributed by atoms with E-state index in [9.17, 15) is 0 Å². The number of rotatable bonds is 4. The summed E-state index contributed by atoms with van der Waals surface area (Å²) in [6.45, 7) is 4.48. The molecule has 3 aromatic rings. The lowest BCUT2D eigenvalue weighted by Gasteiger charge is -2.08. The molecule has 1 heterocycles. The third-order valence-electron chi connectivity index (χ3n) is 3.54. The quantitative estimate of drug-likeness (QED) is 0.363. The van der Waals surface area contributed by atoms with Crippen LogP contribution in [0.25, 0.3) is 10.9 Å². The second-order valence-corrected chi connectivity index (χ2v) is 7.27. The molecule has 0 spiro atoms. The van der Waals surface area contributed by atoms with Gasteiger partial charge in [0.15, 0.2) is 0 Å². The van der Waals surface area contributed by atoms with E-state index in [1.54, 1.807) is 0 Å². The van der Waals surface area contributed by atoms with Crippen molar-refractivity contribution in [3.63, 3.8) is 0 Å². The molecule has 2 aromatic carbocycles. The Morgan fingerprint density at radius 1 is 1.10 bits per heavy atom. The maximum atomic E-state index is 2.43. The first-order chi connectivity index (χ1) is 10.2. The number of nitrogens with zero attached hydrogens (tertiary/aromatic N) is 1. The lowest BCUT2D eigenvalue weighted by atomic mass is 10.2. The van der Waals surface area contributed by atoms with E-state index in [-0.39, 0.29) is 0 Å². The molecule has 0 bridgehead atoms. The van der Waals surface area contributed by atoms with Crippen molar-refractivity contribution in [3.05, 3.63) is 60.3 Å². The van der Waals surface area contributed by atoms with Crippen LogP contribution in [0.5, 0.6) is 0 Å². The van der Waals surface area contributed by atoms with Crippen LogP contribution in [0.2, 0.25) is 0 Å². The van der Waals surface area contributed by atoms with Gasteiger partial charge >= 0.3 is 0 Å². The zero-order valence-corrected chi connectivity index (χ0v) is 15.2. The summed E-state index contributed by atoms with van der Waals surface area (Å²) in [6.07, 6.45) is 2.30. The molecule has 0 atom stereocenters. The lowest BCUT2D eigenvalue weighted by molar-refractivity contribution is 0.620. The van der Waals surface area contributed by atoms with Crippen LogP contribution in [0.4, 0.5) is 0 Å². The molecule has 0 fully saturated rings. The van der Waals surface area contributed by atoms with Crippen molar-refractivity contribution in [1.29, 1.82) is 0 Å². The van der Waals surface area contributed by atoms with Crippen LogP contribution in [0.1, 0.15) is 25.5 Å². The maximum Gasteiger partial charge on any atom is 0.0494 e. The number of hydrogen-bond acceptors (Lipinski definition) is 1. The van der Waals surface area contributed by atoms with Crippen molar-refractivity contribution in [2.75, 3.05) is 0 Å². The molecule has 0 aliphatic heterocycles. The third kappa shape index (κ3) is 3.14. The van der Waals surface area contributed by atoms with Gasteiger partial charge in [-0.3, -0.25) is 0 Å². The highest BCUT2D eigenvalue weighted by Gasteiger charge is 2.12. The number of halogens is 1. The fraction of sp³-hybridized carbons (Fsp3) is 0.222. The highest BCUT2D eigenvalue weighted by atomic mass is 127. The maximum absolute atomic E-state index is 2.43. The molecule has 3 rings (SSSR count). The normalized spacial score (nSPS) is 11.4. The van der Waals surface area contributed by atoms with Gasteiger partial charge in [0, 0.05) is 37.4 Å². The Morgan fingerprint density at radius 3 is 2.52 bits per heavy atom. The summed E-state index contributed by atoms with van der Waals surface area (Å²) in [5.41, 5.74) is 2.72. The van der Waals surface area contributed by atoms with Gasteiger partial charge in [0.25, 0.3) is 0 Å². The largest absolute Gasteiger partial charge is 0.344 e. The summed E-state index contributed by atoms with van der Waals surface area (Å²) in [5, 5.41) is 1.37. The number of benzene rings is 2. The third-order valence-corrected chi connectivity index (χ3v) is 5.48. The summed E-state index contributed by atoms with van der Waals surface area (Å²) in [5.74, 6) is 0. The van der Waals surface area contributed by atoms with Crippen LogP contribution in [-0.4, -0.2) is 4.57 Å². The highest BCUT2D eigenvalue weighted by molar-refractivity contribution is 14.1. The SMILES string of the molecule is CC(C)n1cc(Sc2ccccc2)c2cc(CI)ccc21. The monoisotopic (exact) mass is 407 g/mol. The van der Waals surface area contributed by atoms with Crippen LogP contribution in [0, 0.1) is 0 Å². The minimum absolute atomic E-state index is 0.475. The van der Waals surface area contributed by atoms with Gasteiger partial charge < -0.3 is 4.57 Å². The van der Waals surface area contributed by atoms with Gasteiger partial charge in [0.05, 0.1) is 0 Å². The molecule has 0 saturated carbocycles. The van der Waals surface area contributed by atoms with Gasteiger partial charge in [-0.15, -0.1) is 0 Å². The van der Waals surface area contributed by atoms with Crippen molar-refractivity contribution in [3.8, 4) is 0 Å². The van der Waals surface area contributed by atoms with Gasteiger partial charge in [-0.25, -0.2) is 0 Å². The van der Waals surface area contributed by atoms with Crippen molar-refractivity contribution >= 4 is 45.3 Å². The van der Waals surface area contributed by atoms with Gasteiger partial charge in [0.1, 0.15) is 0 Å². The van der Waals surface area contributed by atoms with Crippen molar-refractivity contribution < 1.29 is 0 Å². The Kier molecular flexibility index (Phi) is 4.60. The minimum Gasteiger partial charge on any atom is -0.344 e. The zero-order chi connectivity index (χ0) is 14.8. The number of aromatic nitrogens is 1. The molecule has 21 heavy (non-hydrogen) atoms. The molecular weight excluding hydrogens is 389 g/mol. The molecular formula is C18H18INS. The van der Waals surface area contributed by atoms with Crippen LogP contribution < -0.4 is 0 Å². The van der Waals surface area contributed by atoms with E-state index >= 15 is 0 Å². The molecule has 108 valence electrons. The molecule has 0 saturated heterocycles. The van der Waals surface area contributed by atoms with Crippen LogP contribution >= 0.6 is 34.4 Å². The smallest absolute Gasteiger partial charge is 0.0494 e. The highest BCUT2D eigenvalue weighted by Crippen LogP contribution is 2.36. The number of hydrogen-bond donors (Lipinski definition) is 0. The summed E-state index contributed by atoms with van der Waals surface area (Å²) in [6, 6.07) is 17.9.